The Morgan fingerprint density at radius 2 is 1.90 bits per heavy atom. The van der Waals surface area contributed by atoms with Gasteiger partial charge in [0.25, 0.3) is 5.56 Å². The first-order chi connectivity index (χ1) is 10.1. The number of ketones is 1. The van der Waals surface area contributed by atoms with Crippen LogP contribution in [0.25, 0.3) is 0 Å². The lowest BCUT2D eigenvalue weighted by molar-refractivity contribution is -0.117. The molecule has 2 rings (SSSR count). The molecular weight excluding hydrogens is 264 g/mol. The Morgan fingerprint density at radius 1 is 1.19 bits per heavy atom. The molecule has 2 aromatic rings. The molecule has 0 saturated heterocycles. The second-order valence-corrected chi connectivity index (χ2v) is 5.28. The topological polar surface area (TPSA) is 52.0 Å². The number of benzene rings is 1. The number of hydrogen-bond donors (Lipinski definition) is 0. The van der Waals surface area contributed by atoms with Gasteiger partial charge in [-0.2, -0.15) is 0 Å². The minimum atomic E-state index is -0.140. The highest BCUT2D eigenvalue weighted by Crippen LogP contribution is 2.05. The minimum Gasteiger partial charge on any atom is -0.302 e. The van der Waals surface area contributed by atoms with Crippen molar-refractivity contribution in [1.29, 1.82) is 0 Å². The van der Waals surface area contributed by atoms with E-state index in [9.17, 15) is 9.59 Å². The first-order valence-corrected chi connectivity index (χ1v) is 7.16. The van der Waals surface area contributed by atoms with Crippen LogP contribution in [0, 0.1) is 6.92 Å². The molecule has 0 radical (unpaired) electrons. The Morgan fingerprint density at radius 3 is 2.57 bits per heavy atom. The van der Waals surface area contributed by atoms with Crippen LogP contribution in [-0.2, 0) is 24.2 Å². The monoisotopic (exact) mass is 284 g/mol. The molecule has 0 aliphatic carbocycles. The molecule has 21 heavy (non-hydrogen) atoms. The normalized spacial score (nSPS) is 10.6. The summed E-state index contributed by atoms with van der Waals surface area (Å²) in [5.74, 6) is -0.0263. The summed E-state index contributed by atoms with van der Waals surface area (Å²) in [7, 11) is 0. The van der Waals surface area contributed by atoms with Crippen molar-refractivity contribution in [2.45, 2.75) is 39.7 Å². The van der Waals surface area contributed by atoms with Crippen LogP contribution >= 0.6 is 0 Å². The summed E-state index contributed by atoms with van der Waals surface area (Å²) in [6, 6.07) is 10.2. The summed E-state index contributed by atoms with van der Waals surface area (Å²) >= 11 is 0. The van der Waals surface area contributed by atoms with Crippen LogP contribution in [0.2, 0.25) is 0 Å². The largest absolute Gasteiger partial charge is 0.302 e. The molecule has 1 aromatic carbocycles. The van der Waals surface area contributed by atoms with Gasteiger partial charge in [-0.05, 0) is 38.7 Å². The Bertz CT molecular complexity index is 675. The predicted octanol–water partition coefficient (Wildman–Crippen LogP) is 2.32. The van der Waals surface area contributed by atoms with Crippen molar-refractivity contribution in [2.24, 2.45) is 0 Å². The summed E-state index contributed by atoms with van der Waals surface area (Å²) in [5, 5.41) is 0. The lowest BCUT2D eigenvalue weighted by Gasteiger charge is -2.09. The lowest BCUT2D eigenvalue weighted by Crippen LogP contribution is -2.29. The third kappa shape index (κ3) is 4.12. The van der Waals surface area contributed by atoms with Crippen LogP contribution in [0.15, 0.2) is 41.3 Å². The first kappa shape index (κ1) is 15.2. The fourth-order valence-corrected chi connectivity index (χ4v) is 2.31. The summed E-state index contributed by atoms with van der Waals surface area (Å²) in [6.07, 6.45) is 4.09. The highest BCUT2D eigenvalue weighted by Gasteiger charge is 2.09. The Labute approximate surface area is 124 Å². The van der Waals surface area contributed by atoms with Gasteiger partial charge in [-0.3, -0.25) is 14.6 Å². The van der Waals surface area contributed by atoms with Crippen molar-refractivity contribution in [1.82, 2.24) is 9.55 Å². The van der Waals surface area contributed by atoms with Crippen LogP contribution in [0.5, 0.6) is 0 Å². The van der Waals surface area contributed by atoms with Gasteiger partial charge in [0.05, 0.1) is 6.54 Å². The molecule has 0 fully saturated rings. The van der Waals surface area contributed by atoms with E-state index in [0.717, 1.165) is 18.5 Å². The molecule has 0 aliphatic rings. The third-order valence-electron chi connectivity index (χ3n) is 3.43. The van der Waals surface area contributed by atoms with Gasteiger partial charge in [0.1, 0.15) is 11.5 Å². The van der Waals surface area contributed by atoms with Crippen LogP contribution in [0.1, 0.15) is 30.3 Å². The molecule has 0 aliphatic heterocycles. The van der Waals surface area contributed by atoms with Crippen molar-refractivity contribution < 1.29 is 4.79 Å². The number of Topliss-reactive ketones (excluding diaryl/α,β-unsaturated/α-hetero) is 1. The van der Waals surface area contributed by atoms with Crippen molar-refractivity contribution in [3.8, 4) is 0 Å². The Balaban J connectivity index is 2.07. The summed E-state index contributed by atoms with van der Waals surface area (Å²) in [4.78, 5) is 27.8. The molecule has 1 heterocycles. The summed E-state index contributed by atoms with van der Waals surface area (Å²) in [6.45, 7) is 3.41. The summed E-state index contributed by atoms with van der Waals surface area (Å²) < 4.78 is 1.51. The lowest BCUT2D eigenvalue weighted by atomic mass is 10.1. The molecule has 0 saturated carbocycles. The van der Waals surface area contributed by atoms with E-state index in [1.807, 2.05) is 18.2 Å². The SMILES string of the molecule is CC(=O)Cn1c(C)cnc(CCCc2ccccc2)c1=O. The number of carbonyl (C=O) groups is 1. The van der Waals surface area contributed by atoms with Crippen molar-refractivity contribution in [3.63, 3.8) is 0 Å². The van der Waals surface area contributed by atoms with E-state index in [1.54, 1.807) is 13.1 Å². The highest BCUT2D eigenvalue weighted by molar-refractivity contribution is 5.75. The van der Waals surface area contributed by atoms with E-state index in [1.165, 1.54) is 17.1 Å². The van der Waals surface area contributed by atoms with Crippen molar-refractivity contribution >= 4 is 5.78 Å². The maximum atomic E-state index is 12.3. The van der Waals surface area contributed by atoms with E-state index < -0.39 is 0 Å². The van der Waals surface area contributed by atoms with Gasteiger partial charge in [0, 0.05) is 11.9 Å². The standard InChI is InChI=1S/C17H20N2O2/c1-13-11-18-16(17(21)19(13)12-14(2)20)10-6-9-15-7-4-3-5-8-15/h3-5,7-8,11H,6,9-10,12H2,1-2H3. The van der Waals surface area contributed by atoms with Crippen LogP contribution in [0.4, 0.5) is 0 Å². The van der Waals surface area contributed by atoms with Gasteiger partial charge in [0.15, 0.2) is 0 Å². The summed E-state index contributed by atoms with van der Waals surface area (Å²) in [5.41, 5.74) is 2.38. The molecule has 4 nitrogen and oxygen atoms in total. The average molecular weight is 284 g/mol. The molecule has 0 spiro atoms. The second kappa shape index (κ2) is 6.97. The number of nitrogens with zero attached hydrogens (tertiary/aromatic N) is 2. The zero-order valence-corrected chi connectivity index (χ0v) is 12.5. The fraction of sp³-hybridized carbons (Fsp3) is 0.353. The number of hydrogen-bond acceptors (Lipinski definition) is 3. The Hall–Kier alpha value is -2.23. The Kier molecular flexibility index (Phi) is 5.04. The fourth-order valence-electron chi connectivity index (χ4n) is 2.31. The van der Waals surface area contributed by atoms with Gasteiger partial charge >= 0.3 is 0 Å². The van der Waals surface area contributed by atoms with Gasteiger partial charge in [-0.1, -0.05) is 30.3 Å². The van der Waals surface area contributed by atoms with Crippen LogP contribution in [0.3, 0.4) is 0 Å². The molecule has 0 N–H and O–H groups in total. The molecule has 0 atom stereocenters. The molecule has 110 valence electrons. The quantitative estimate of drug-likeness (QED) is 0.818. The minimum absolute atomic E-state index is 0.0263. The van der Waals surface area contributed by atoms with Gasteiger partial charge < -0.3 is 4.57 Å². The van der Waals surface area contributed by atoms with E-state index in [2.05, 4.69) is 17.1 Å². The number of aromatic nitrogens is 2. The predicted molar refractivity (Wildman–Crippen MR) is 82.4 cm³/mol. The van der Waals surface area contributed by atoms with Gasteiger partial charge in [-0.25, -0.2) is 0 Å². The van der Waals surface area contributed by atoms with E-state index in [-0.39, 0.29) is 17.9 Å². The van der Waals surface area contributed by atoms with E-state index in [0.29, 0.717) is 12.1 Å². The average Bonchev–Trinajstić information content (AvgIpc) is 2.47. The second-order valence-electron chi connectivity index (χ2n) is 5.28. The molecular formula is C17H20N2O2. The first-order valence-electron chi connectivity index (χ1n) is 7.16. The molecule has 0 amide bonds. The smallest absolute Gasteiger partial charge is 0.272 e. The molecule has 1 aromatic heterocycles. The van der Waals surface area contributed by atoms with Gasteiger partial charge in [0.2, 0.25) is 0 Å². The molecule has 0 unspecified atom stereocenters. The van der Waals surface area contributed by atoms with E-state index >= 15 is 0 Å². The molecule has 4 heteroatoms. The van der Waals surface area contributed by atoms with Crippen LogP contribution in [-0.4, -0.2) is 15.3 Å². The zero-order valence-electron chi connectivity index (χ0n) is 12.5. The molecule has 0 bridgehead atoms. The number of carbonyl (C=O) groups excluding carboxylic acids is 1. The van der Waals surface area contributed by atoms with Gasteiger partial charge in [-0.15, -0.1) is 0 Å². The number of rotatable bonds is 6. The highest BCUT2D eigenvalue weighted by atomic mass is 16.1. The maximum absolute atomic E-state index is 12.3. The zero-order chi connectivity index (χ0) is 15.2. The van der Waals surface area contributed by atoms with E-state index in [4.69, 9.17) is 0 Å². The third-order valence-corrected chi connectivity index (χ3v) is 3.43. The van der Waals surface area contributed by atoms with Crippen molar-refractivity contribution in [2.75, 3.05) is 0 Å². The maximum Gasteiger partial charge on any atom is 0.272 e. The van der Waals surface area contributed by atoms with Crippen LogP contribution < -0.4 is 5.56 Å². The van der Waals surface area contributed by atoms with Crippen molar-refractivity contribution in [3.05, 3.63) is 63.8 Å². The number of aryl methyl sites for hydroxylation is 3.